The third-order valence-corrected chi connectivity index (χ3v) is 4.16. The van der Waals surface area contributed by atoms with Crippen molar-refractivity contribution in [2.75, 3.05) is 20.1 Å². The SMILES string of the molecule is CN(CC(F)(F)F)S(=O)(=O)c1ccccc1C#CCN. The van der Waals surface area contributed by atoms with Gasteiger partial charge in [0.1, 0.15) is 6.54 Å². The zero-order valence-corrected chi connectivity index (χ0v) is 11.4. The minimum absolute atomic E-state index is 0.0206. The summed E-state index contributed by atoms with van der Waals surface area (Å²) in [6.07, 6.45) is -4.61. The van der Waals surface area contributed by atoms with E-state index in [0.29, 0.717) is 0 Å². The van der Waals surface area contributed by atoms with Gasteiger partial charge in [-0.05, 0) is 12.1 Å². The molecule has 0 fully saturated rings. The molecule has 0 amide bonds. The minimum atomic E-state index is -4.61. The fourth-order valence-corrected chi connectivity index (χ4v) is 2.75. The van der Waals surface area contributed by atoms with Crippen molar-refractivity contribution < 1.29 is 21.6 Å². The quantitative estimate of drug-likeness (QED) is 0.853. The molecule has 0 aliphatic heterocycles. The average Bonchev–Trinajstić information content (AvgIpc) is 2.34. The van der Waals surface area contributed by atoms with E-state index in [1.165, 1.54) is 18.2 Å². The summed E-state index contributed by atoms with van der Waals surface area (Å²) < 4.78 is 61.4. The third kappa shape index (κ3) is 4.23. The second-order valence-electron chi connectivity index (χ2n) is 3.88. The Morgan fingerprint density at radius 3 is 2.45 bits per heavy atom. The van der Waals surface area contributed by atoms with Crippen LogP contribution in [0.5, 0.6) is 0 Å². The molecule has 4 nitrogen and oxygen atoms in total. The number of halogens is 3. The third-order valence-electron chi connectivity index (χ3n) is 2.30. The number of rotatable bonds is 3. The molecule has 110 valence electrons. The number of hydrogen-bond donors (Lipinski definition) is 1. The van der Waals surface area contributed by atoms with Gasteiger partial charge in [0.2, 0.25) is 10.0 Å². The van der Waals surface area contributed by atoms with Crippen LogP contribution < -0.4 is 5.73 Å². The van der Waals surface area contributed by atoms with E-state index >= 15 is 0 Å². The fraction of sp³-hybridized carbons (Fsp3) is 0.333. The Morgan fingerprint density at radius 1 is 1.30 bits per heavy atom. The zero-order chi connectivity index (χ0) is 15.4. The molecule has 1 rings (SSSR count). The molecule has 0 atom stereocenters. The first kappa shape index (κ1) is 16.5. The van der Waals surface area contributed by atoms with Crippen molar-refractivity contribution in [2.45, 2.75) is 11.1 Å². The highest BCUT2D eigenvalue weighted by Crippen LogP contribution is 2.23. The van der Waals surface area contributed by atoms with Crippen molar-refractivity contribution in [1.29, 1.82) is 0 Å². The summed E-state index contributed by atoms with van der Waals surface area (Å²) in [6.45, 7) is -1.54. The maximum atomic E-state index is 12.3. The molecule has 1 aromatic carbocycles. The second-order valence-corrected chi connectivity index (χ2v) is 5.89. The number of nitrogens with zero attached hydrogens (tertiary/aromatic N) is 1. The average molecular weight is 306 g/mol. The lowest BCUT2D eigenvalue weighted by molar-refractivity contribution is -0.134. The monoisotopic (exact) mass is 306 g/mol. The number of alkyl halides is 3. The van der Waals surface area contributed by atoms with E-state index in [1.807, 2.05) is 0 Å². The van der Waals surface area contributed by atoms with Crippen molar-refractivity contribution in [3.05, 3.63) is 29.8 Å². The Bertz CT molecular complexity index is 630. The summed E-state index contributed by atoms with van der Waals surface area (Å²) in [5.74, 6) is 5.01. The fourth-order valence-electron chi connectivity index (χ4n) is 1.45. The van der Waals surface area contributed by atoms with Crippen LogP contribution in [0.3, 0.4) is 0 Å². The van der Waals surface area contributed by atoms with Crippen molar-refractivity contribution in [2.24, 2.45) is 5.73 Å². The van der Waals surface area contributed by atoms with Crippen molar-refractivity contribution in [3.63, 3.8) is 0 Å². The Balaban J connectivity index is 3.22. The Kier molecular flexibility index (Phi) is 5.16. The van der Waals surface area contributed by atoms with Gasteiger partial charge < -0.3 is 5.73 Å². The first-order valence-corrected chi connectivity index (χ1v) is 6.93. The molecule has 0 aromatic heterocycles. The van der Waals surface area contributed by atoms with E-state index in [4.69, 9.17) is 5.73 Å². The predicted molar refractivity (Wildman–Crippen MR) is 68.2 cm³/mol. The molecule has 0 aliphatic rings. The maximum absolute atomic E-state index is 12.3. The van der Waals surface area contributed by atoms with Gasteiger partial charge in [-0.3, -0.25) is 0 Å². The molecule has 20 heavy (non-hydrogen) atoms. The molecule has 1 aromatic rings. The summed E-state index contributed by atoms with van der Waals surface area (Å²) in [6, 6.07) is 5.59. The van der Waals surface area contributed by atoms with E-state index in [9.17, 15) is 21.6 Å². The van der Waals surface area contributed by atoms with Gasteiger partial charge in [0.25, 0.3) is 0 Å². The first-order chi connectivity index (χ1) is 9.18. The standard InChI is InChI=1S/C12H13F3N2O2S/c1-17(9-12(13,14)15)20(18,19)11-7-3-2-5-10(11)6-4-8-16/h2-3,5,7H,8-9,16H2,1H3. The topological polar surface area (TPSA) is 63.4 Å². The second kappa shape index (κ2) is 6.26. The van der Waals surface area contributed by atoms with Crippen LogP contribution in [0, 0.1) is 11.8 Å². The molecule has 0 unspecified atom stereocenters. The lowest BCUT2D eigenvalue weighted by Crippen LogP contribution is -2.36. The maximum Gasteiger partial charge on any atom is 0.402 e. The van der Waals surface area contributed by atoms with Crippen LogP contribution in [0.2, 0.25) is 0 Å². The number of sulfonamides is 1. The van der Waals surface area contributed by atoms with Gasteiger partial charge >= 0.3 is 6.18 Å². The van der Waals surface area contributed by atoms with Gasteiger partial charge in [0, 0.05) is 12.6 Å². The summed E-state index contributed by atoms with van der Waals surface area (Å²) in [5, 5.41) is 0. The Labute approximate surface area is 115 Å². The first-order valence-electron chi connectivity index (χ1n) is 5.49. The zero-order valence-electron chi connectivity index (χ0n) is 10.6. The molecule has 0 spiro atoms. The van der Waals surface area contributed by atoms with E-state index in [2.05, 4.69) is 11.8 Å². The number of nitrogens with two attached hydrogens (primary N) is 1. The highest BCUT2D eigenvalue weighted by Gasteiger charge is 2.35. The van der Waals surface area contributed by atoms with E-state index in [-0.39, 0.29) is 21.3 Å². The Morgan fingerprint density at radius 2 is 1.90 bits per heavy atom. The molecule has 0 heterocycles. The van der Waals surface area contributed by atoms with E-state index in [0.717, 1.165) is 7.05 Å². The largest absolute Gasteiger partial charge is 0.402 e. The Hall–Kier alpha value is -1.56. The van der Waals surface area contributed by atoms with Crippen LogP contribution in [0.4, 0.5) is 13.2 Å². The molecule has 2 N–H and O–H groups in total. The predicted octanol–water partition coefficient (Wildman–Crippen LogP) is 1.18. The molecule has 0 radical (unpaired) electrons. The van der Waals surface area contributed by atoms with Gasteiger partial charge in [0.05, 0.1) is 11.4 Å². The molecule has 0 aliphatic carbocycles. The van der Waals surface area contributed by atoms with Crippen LogP contribution in [0.25, 0.3) is 0 Å². The van der Waals surface area contributed by atoms with E-state index < -0.39 is 22.7 Å². The molecular weight excluding hydrogens is 293 g/mol. The molecule has 8 heteroatoms. The van der Waals surface area contributed by atoms with Crippen LogP contribution in [0.15, 0.2) is 29.2 Å². The van der Waals surface area contributed by atoms with Gasteiger partial charge in [0.15, 0.2) is 0 Å². The summed E-state index contributed by atoms with van der Waals surface area (Å²) in [7, 11) is -3.39. The van der Waals surface area contributed by atoms with Crippen LogP contribution in [0.1, 0.15) is 5.56 Å². The highest BCUT2D eigenvalue weighted by atomic mass is 32.2. The van der Waals surface area contributed by atoms with E-state index in [1.54, 1.807) is 6.07 Å². The normalized spacial score (nSPS) is 12.1. The summed E-state index contributed by atoms with van der Waals surface area (Å²) in [4.78, 5) is -0.271. The molecular formula is C12H13F3N2O2S. The molecule has 0 saturated heterocycles. The minimum Gasteiger partial charge on any atom is -0.320 e. The summed E-state index contributed by atoms with van der Waals surface area (Å²) in [5.41, 5.74) is 5.31. The van der Waals surface area contributed by atoms with Gasteiger partial charge in [-0.25, -0.2) is 8.42 Å². The summed E-state index contributed by atoms with van der Waals surface area (Å²) >= 11 is 0. The number of hydrogen-bond acceptors (Lipinski definition) is 3. The van der Waals surface area contributed by atoms with Crippen LogP contribution in [-0.4, -0.2) is 39.0 Å². The van der Waals surface area contributed by atoms with Gasteiger partial charge in [-0.15, -0.1) is 0 Å². The lowest BCUT2D eigenvalue weighted by atomic mass is 10.2. The van der Waals surface area contributed by atoms with Crippen molar-refractivity contribution in [3.8, 4) is 11.8 Å². The van der Waals surface area contributed by atoms with Gasteiger partial charge in [-0.1, -0.05) is 24.0 Å². The smallest absolute Gasteiger partial charge is 0.320 e. The van der Waals surface area contributed by atoms with Gasteiger partial charge in [-0.2, -0.15) is 17.5 Å². The van der Waals surface area contributed by atoms with Crippen LogP contribution in [-0.2, 0) is 10.0 Å². The van der Waals surface area contributed by atoms with Crippen molar-refractivity contribution >= 4 is 10.0 Å². The van der Waals surface area contributed by atoms with Crippen LogP contribution >= 0.6 is 0 Å². The molecule has 0 bridgehead atoms. The molecule has 0 saturated carbocycles. The van der Waals surface area contributed by atoms with Crippen molar-refractivity contribution in [1.82, 2.24) is 4.31 Å². The number of benzene rings is 1. The lowest BCUT2D eigenvalue weighted by Gasteiger charge is -2.19. The highest BCUT2D eigenvalue weighted by molar-refractivity contribution is 7.89.